The van der Waals surface area contributed by atoms with E-state index in [1.54, 1.807) is 17.4 Å². The molecule has 0 fully saturated rings. The maximum Gasteiger partial charge on any atom is 0.172 e. The largest absolute Gasteiger partial charge is 0.340 e. The van der Waals surface area contributed by atoms with Crippen LogP contribution in [0.25, 0.3) is 21.6 Å². The zero-order valence-corrected chi connectivity index (χ0v) is 14.7. The Morgan fingerprint density at radius 2 is 1.67 bits per heavy atom. The molecule has 0 unspecified atom stereocenters. The van der Waals surface area contributed by atoms with Gasteiger partial charge in [0.15, 0.2) is 5.82 Å². The number of fused-ring (bicyclic) bond motifs is 1. The van der Waals surface area contributed by atoms with Gasteiger partial charge in [-0.15, -0.1) is 11.3 Å². The first-order valence-corrected chi connectivity index (χ1v) is 8.86. The van der Waals surface area contributed by atoms with Crippen molar-refractivity contribution in [1.29, 1.82) is 0 Å². The monoisotopic (exact) mass is 371 g/mol. The van der Waals surface area contributed by atoms with Gasteiger partial charge in [0.05, 0.1) is 10.4 Å². The quantitative estimate of drug-likeness (QED) is 0.452. The van der Waals surface area contributed by atoms with Gasteiger partial charge < -0.3 is 5.32 Å². The molecule has 0 aliphatic rings. The van der Waals surface area contributed by atoms with Crippen molar-refractivity contribution in [3.05, 3.63) is 70.0 Å². The highest BCUT2D eigenvalue weighted by molar-refractivity contribution is 7.13. The van der Waals surface area contributed by atoms with Gasteiger partial charge in [-0.3, -0.25) is 0 Å². The van der Waals surface area contributed by atoms with Crippen molar-refractivity contribution in [1.82, 2.24) is 9.97 Å². The lowest BCUT2D eigenvalue weighted by Crippen LogP contribution is -1.98. The van der Waals surface area contributed by atoms with E-state index in [2.05, 4.69) is 10.3 Å². The number of thiophene rings is 1. The fourth-order valence-corrected chi connectivity index (χ4v) is 3.63. The number of rotatable bonds is 3. The third-order valence-corrected chi connectivity index (χ3v) is 4.77. The zero-order chi connectivity index (χ0) is 16.5. The van der Waals surface area contributed by atoms with Crippen LogP contribution in [0.5, 0.6) is 0 Å². The van der Waals surface area contributed by atoms with E-state index in [1.807, 2.05) is 53.9 Å². The van der Waals surface area contributed by atoms with Crippen LogP contribution in [0.15, 0.2) is 60.0 Å². The van der Waals surface area contributed by atoms with Gasteiger partial charge in [0.1, 0.15) is 5.82 Å². The van der Waals surface area contributed by atoms with E-state index < -0.39 is 0 Å². The van der Waals surface area contributed by atoms with Crippen molar-refractivity contribution in [3.63, 3.8) is 0 Å². The van der Waals surface area contributed by atoms with Crippen LogP contribution < -0.4 is 5.32 Å². The van der Waals surface area contributed by atoms with E-state index in [9.17, 15) is 0 Å². The van der Waals surface area contributed by atoms with Crippen LogP contribution in [0.4, 0.5) is 11.5 Å². The molecular weight excluding hydrogens is 361 g/mol. The van der Waals surface area contributed by atoms with Crippen molar-refractivity contribution in [2.45, 2.75) is 0 Å². The van der Waals surface area contributed by atoms with Crippen molar-refractivity contribution >= 4 is 56.9 Å². The maximum absolute atomic E-state index is 6.09. The molecule has 0 saturated carbocycles. The van der Waals surface area contributed by atoms with Crippen LogP contribution in [0.2, 0.25) is 10.0 Å². The number of hydrogen-bond donors (Lipinski definition) is 1. The van der Waals surface area contributed by atoms with Gasteiger partial charge >= 0.3 is 0 Å². The fourth-order valence-electron chi connectivity index (χ4n) is 2.45. The van der Waals surface area contributed by atoms with Gasteiger partial charge in [0, 0.05) is 21.1 Å². The Balaban J connectivity index is 1.86. The number of halogens is 2. The summed E-state index contributed by atoms with van der Waals surface area (Å²) in [6, 6.07) is 17.2. The molecule has 6 heteroatoms. The molecule has 0 atom stereocenters. The second kappa shape index (κ2) is 6.40. The summed E-state index contributed by atoms with van der Waals surface area (Å²) in [4.78, 5) is 10.4. The molecule has 0 radical (unpaired) electrons. The van der Waals surface area contributed by atoms with E-state index in [0.717, 1.165) is 27.3 Å². The Hall–Kier alpha value is -2.14. The summed E-state index contributed by atoms with van der Waals surface area (Å²) >= 11 is 13.8. The number of para-hydroxylation sites is 1. The molecule has 118 valence electrons. The third-order valence-electron chi connectivity index (χ3n) is 3.47. The number of hydrogen-bond acceptors (Lipinski definition) is 4. The van der Waals surface area contributed by atoms with Gasteiger partial charge in [-0.05, 0) is 41.8 Å². The number of nitrogens with zero attached hydrogens (tertiary/aromatic N) is 2. The number of aromatic nitrogens is 2. The molecule has 1 N–H and O–H groups in total. The van der Waals surface area contributed by atoms with Crippen LogP contribution in [-0.2, 0) is 0 Å². The molecule has 0 spiro atoms. The maximum atomic E-state index is 6.09. The van der Waals surface area contributed by atoms with Gasteiger partial charge in [0.25, 0.3) is 0 Å². The standard InChI is InChI=1S/C18H11Cl2N3S/c19-11-8-12(20)10-13(9-11)21-17-14-4-1-2-5-15(14)22-18(23-17)16-6-3-7-24-16/h1-10H,(H,21,22,23). The molecular formula is C18H11Cl2N3S. The van der Waals surface area contributed by atoms with Crippen molar-refractivity contribution in [2.75, 3.05) is 5.32 Å². The van der Waals surface area contributed by atoms with E-state index >= 15 is 0 Å². The minimum Gasteiger partial charge on any atom is -0.340 e. The van der Waals surface area contributed by atoms with E-state index in [4.69, 9.17) is 28.2 Å². The summed E-state index contributed by atoms with van der Waals surface area (Å²) in [5, 5.41) is 7.41. The summed E-state index contributed by atoms with van der Waals surface area (Å²) in [6.45, 7) is 0. The summed E-state index contributed by atoms with van der Waals surface area (Å²) in [7, 11) is 0. The van der Waals surface area contributed by atoms with Crippen LogP contribution in [0.3, 0.4) is 0 Å². The number of anilines is 2. The highest BCUT2D eigenvalue weighted by Crippen LogP contribution is 2.30. The minimum atomic E-state index is 0.571. The first-order valence-electron chi connectivity index (χ1n) is 7.23. The highest BCUT2D eigenvalue weighted by atomic mass is 35.5. The summed E-state index contributed by atoms with van der Waals surface area (Å²) in [5.41, 5.74) is 1.67. The Morgan fingerprint density at radius 3 is 2.42 bits per heavy atom. The lowest BCUT2D eigenvalue weighted by Gasteiger charge is -2.11. The lowest BCUT2D eigenvalue weighted by atomic mass is 10.2. The van der Waals surface area contributed by atoms with Crippen LogP contribution >= 0.6 is 34.5 Å². The summed E-state index contributed by atoms with van der Waals surface area (Å²) < 4.78 is 0. The molecule has 0 aliphatic heterocycles. The first kappa shape index (κ1) is 15.4. The second-order valence-corrected chi connectivity index (χ2v) is 6.99. The molecule has 4 aromatic rings. The fraction of sp³-hybridized carbons (Fsp3) is 0. The molecule has 0 aliphatic carbocycles. The van der Waals surface area contributed by atoms with E-state index in [1.165, 1.54) is 0 Å². The Bertz CT molecular complexity index is 996. The minimum absolute atomic E-state index is 0.571. The first-order chi connectivity index (χ1) is 11.7. The Kier molecular flexibility index (Phi) is 4.10. The van der Waals surface area contributed by atoms with Crippen molar-refractivity contribution in [2.24, 2.45) is 0 Å². The average Bonchev–Trinajstić information content (AvgIpc) is 3.08. The van der Waals surface area contributed by atoms with Crippen molar-refractivity contribution in [3.8, 4) is 10.7 Å². The molecule has 2 heterocycles. The molecule has 0 amide bonds. The smallest absolute Gasteiger partial charge is 0.172 e. The second-order valence-electron chi connectivity index (χ2n) is 5.17. The number of nitrogens with one attached hydrogen (secondary N) is 1. The molecule has 4 rings (SSSR count). The van der Waals surface area contributed by atoms with Gasteiger partial charge in [-0.25, -0.2) is 9.97 Å². The van der Waals surface area contributed by atoms with Crippen molar-refractivity contribution < 1.29 is 0 Å². The Morgan fingerprint density at radius 1 is 0.875 bits per heavy atom. The predicted molar refractivity (Wildman–Crippen MR) is 103 cm³/mol. The van der Waals surface area contributed by atoms with E-state index in [-0.39, 0.29) is 0 Å². The normalized spacial score (nSPS) is 10.9. The average molecular weight is 372 g/mol. The SMILES string of the molecule is Clc1cc(Cl)cc(Nc2nc(-c3cccs3)nc3ccccc23)c1. The zero-order valence-electron chi connectivity index (χ0n) is 12.3. The molecule has 2 aromatic carbocycles. The highest BCUT2D eigenvalue weighted by Gasteiger charge is 2.10. The van der Waals surface area contributed by atoms with E-state index in [0.29, 0.717) is 15.9 Å². The summed E-state index contributed by atoms with van der Waals surface area (Å²) in [5.74, 6) is 1.42. The molecule has 2 aromatic heterocycles. The summed E-state index contributed by atoms with van der Waals surface area (Å²) in [6.07, 6.45) is 0. The van der Waals surface area contributed by atoms with Crippen LogP contribution in [0, 0.1) is 0 Å². The molecule has 0 bridgehead atoms. The van der Waals surface area contributed by atoms with Gasteiger partial charge in [-0.1, -0.05) is 41.4 Å². The molecule has 0 saturated heterocycles. The topological polar surface area (TPSA) is 37.8 Å². The van der Waals surface area contributed by atoms with Crippen LogP contribution in [-0.4, -0.2) is 9.97 Å². The molecule has 24 heavy (non-hydrogen) atoms. The van der Waals surface area contributed by atoms with Gasteiger partial charge in [0.2, 0.25) is 0 Å². The number of benzene rings is 2. The Labute approximate surface area is 152 Å². The van der Waals surface area contributed by atoms with Crippen LogP contribution in [0.1, 0.15) is 0 Å². The molecule has 3 nitrogen and oxygen atoms in total. The predicted octanol–water partition coefficient (Wildman–Crippen LogP) is 6.41. The third kappa shape index (κ3) is 3.08. The van der Waals surface area contributed by atoms with Gasteiger partial charge in [-0.2, -0.15) is 0 Å². The lowest BCUT2D eigenvalue weighted by molar-refractivity contribution is 1.23.